The number of nitrogens with zero attached hydrogens (tertiary/aromatic N) is 4. The zero-order valence-electron chi connectivity index (χ0n) is 9.70. The lowest BCUT2D eigenvalue weighted by Gasteiger charge is -2.02. The Bertz CT molecular complexity index is 760. The van der Waals surface area contributed by atoms with Crippen molar-refractivity contribution in [2.45, 2.75) is 13.5 Å². The molecular formula is C12H10N4O2. The summed E-state index contributed by atoms with van der Waals surface area (Å²) in [5.74, 6) is 0.943. The van der Waals surface area contributed by atoms with E-state index in [0.717, 1.165) is 0 Å². The van der Waals surface area contributed by atoms with E-state index < -0.39 is 0 Å². The Morgan fingerprint density at radius 1 is 1.33 bits per heavy atom. The molecule has 0 aliphatic heterocycles. The van der Waals surface area contributed by atoms with Crippen LogP contribution in [-0.2, 0) is 6.54 Å². The van der Waals surface area contributed by atoms with E-state index in [2.05, 4.69) is 15.1 Å². The van der Waals surface area contributed by atoms with Crippen molar-refractivity contribution in [1.29, 1.82) is 0 Å². The predicted molar refractivity (Wildman–Crippen MR) is 64.1 cm³/mol. The van der Waals surface area contributed by atoms with Crippen LogP contribution in [0.3, 0.4) is 0 Å². The fraction of sp³-hybridized carbons (Fsp3) is 0.167. The number of fused-ring (bicyclic) bond motifs is 1. The summed E-state index contributed by atoms with van der Waals surface area (Å²) in [6.45, 7) is 1.96. The first-order chi connectivity index (χ1) is 8.74. The van der Waals surface area contributed by atoms with Crippen molar-refractivity contribution >= 4 is 10.9 Å². The van der Waals surface area contributed by atoms with Crippen molar-refractivity contribution < 1.29 is 4.52 Å². The maximum atomic E-state index is 12.2. The second-order valence-corrected chi connectivity index (χ2v) is 3.93. The van der Waals surface area contributed by atoms with E-state index in [1.165, 1.54) is 10.9 Å². The molecule has 90 valence electrons. The summed E-state index contributed by atoms with van der Waals surface area (Å²) in [7, 11) is 0. The van der Waals surface area contributed by atoms with Crippen LogP contribution in [0, 0.1) is 6.92 Å². The van der Waals surface area contributed by atoms with E-state index in [4.69, 9.17) is 4.52 Å². The first-order valence-corrected chi connectivity index (χ1v) is 5.47. The van der Waals surface area contributed by atoms with Crippen molar-refractivity contribution in [1.82, 2.24) is 19.7 Å². The summed E-state index contributed by atoms with van der Waals surface area (Å²) in [6, 6.07) is 7.21. The van der Waals surface area contributed by atoms with Gasteiger partial charge in [0.05, 0.1) is 17.2 Å². The fourth-order valence-corrected chi connectivity index (χ4v) is 1.77. The van der Waals surface area contributed by atoms with Gasteiger partial charge in [0.15, 0.2) is 5.82 Å². The average molecular weight is 242 g/mol. The highest BCUT2D eigenvalue weighted by atomic mass is 16.5. The molecule has 0 fully saturated rings. The van der Waals surface area contributed by atoms with Gasteiger partial charge in [0, 0.05) is 0 Å². The summed E-state index contributed by atoms with van der Waals surface area (Å²) in [6.07, 6.45) is 1.49. The molecular weight excluding hydrogens is 232 g/mol. The molecule has 0 aliphatic carbocycles. The van der Waals surface area contributed by atoms with Crippen LogP contribution >= 0.6 is 0 Å². The lowest BCUT2D eigenvalue weighted by Crippen LogP contribution is -2.21. The Morgan fingerprint density at radius 2 is 2.17 bits per heavy atom. The molecule has 1 aromatic carbocycles. The number of benzene rings is 1. The molecule has 0 N–H and O–H groups in total. The molecule has 0 radical (unpaired) electrons. The van der Waals surface area contributed by atoms with Crippen molar-refractivity contribution in [2.75, 3.05) is 0 Å². The summed E-state index contributed by atoms with van der Waals surface area (Å²) in [5, 5.41) is 4.26. The van der Waals surface area contributed by atoms with Crippen LogP contribution in [0.15, 0.2) is 39.9 Å². The molecule has 0 saturated carbocycles. The van der Waals surface area contributed by atoms with Crippen molar-refractivity contribution in [2.24, 2.45) is 0 Å². The lowest BCUT2D eigenvalue weighted by atomic mass is 10.2. The number of rotatable bonds is 2. The predicted octanol–water partition coefficient (Wildman–Crippen LogP) is 1.14. The molecule has 0 spiro atoms. The van der Waals surface area contributed by atoms with Crippen LogP contribution in [0.1, 0.15) is 11.7 Å². The smallest absolute Gasteiger partial charge is 0.261 e. The Balaban J connectivity index is 2.08. The first kappa shape index (κ1) is 10.6. The minimum absolute atomic E-state index is 0.114. The normalized spacial score (nSPS) is 10.9. The third kappa shape index (κ3) is 1.77. The second-order valence-electron chi connectivity index (χ2n) is 3.93. The average Bonchev–Trinajstić information content (AvgIpc) is 2.79. The van der Waals surface area contributed by atoms with Gasteiger partial charge in [-0.1, -0.05) is 17.3 Å². The van der Waals surface area contributed by atoms with Gasteiger partial charge in [-0.25, -0.2) is 4.98 Å². The van der Waals surface area contributed by atoms with E-state index in [1.807, 2.05) is 12.1 Å². The largest absolute Gasteiger partial charge is 0.337 e. The van der Waals surface area contributed by atoms with Gasteiger partial charge < -0.3 is 4.52 Å². The monoisotopic (exact) mass is 242 g/mol. The molecule has 2 aromatic heterocycles. The maximum Gasteiger partial charge on any atom is 0.261 e. The van der Waals surface area contributed by atoms with E-state index >= 15 is 0 Å². The third-order valence-corrected chi connectivity index (χ3v) is 2.61. The molecule has 0 unspecified atom stereocenters. The Hall–Kier alpha value is -2.50. The number of hydrogen-bond acceptors (Lipinski definition) is 5. The second kappa shape index (κ2) is 4.06. The van der Waals surface area contributed by atoms with Crippen LogP contribution in [0.5, 0.6) is 0 Å². The summed E-state index contributed by atoms with van der Waals surface area (Å²) >= 11 is 0. The molecule has 0 amide bonds. The minimum Gasteiger partial charge on any atom is -0.337 e. The number of aromatic nitrogens is 4. The molecule has 3 rings (SSSR count). The van der Waals surface area contributed by atoms with Gasteiger partial charge in [-0.2, -0.15) is 4.98 Å². The molecule has 0 saturated heterocycles. The van der Waals surface area contributed by atoms with Gasteiger partial charge in [-0.05, 0) is 19.1 Å². The van der Waals surface area contributed by atoms with Crippen LogP contribution in [0.2, 0.25) is 0 Å². The van der Waals surface area contributed by atoms with Crippen LogP contribution in [-0.4, -0.2) is 19.7 Å². The summed E-state index contributed by atoms with van der Waals surface area (Å²) < 4.78 is 6.44. The number of aryl methyl sites for hydroxylation is 1. The molecule has 0 bridgehead atoms. The van der Waals surface area contributed by atoms with E-state index in [0.29, 0.717) is 22.6 Å². The van der Waals surface area contributed by atoms with E-state index in [1.54, 1.807) is 19.1 Å². The van der Waals surface area contributed by atoms with Gasteiger partial charge in [0.25, 0.3) is 5.56 Å². The topological polar surface area (TPSA) is 73.8 Å². The first-order valence-electron chi connectivity index (χ1n) is 5.47. The number of hydrogen-bond donors (Lipinski definition) is 0. The molecule has 2 heterocycles. The molecule has 6 heteroatoms. The molecule has 18 heavy (non-hydrogen) atoms. The van der Waals surface area contributed by atoms with E-state index in [9.17, 15) is 4.79 Å². The van der Waals surface area contributed by atoms with Crippen LogP contribution in [0.4, 0.5) is 0 Å². The molecule has 0 aliphatic rings. The number of para-hydroxylation sites is 1. The molecule has 0 atom stereocenters. The van der Waals surface area contributed by atoms with Crippen LogP contribution < -0.4 is 5.56 Å². The fourth-order valence-electron chi connectivity index (χ4n) is 1.77. The minimum atomic E-state index is -0.114. The highest BCUT2D eigenvalue weighted by molar-refractivity contribution is 5.76. The van der Waals surface area contributed by atoms with E-state index in [-0.39, 0.29) is 12.1 Å². The highest BCUT2D eigenvalue weighted by Gasteiger charge is 2.07. The van der Waals surface area contributed by atoms with Crippen molar-refractivity contribution in [3.05, 3.63) is 52.7 Å². The summed E-state index contributed by atoms with van der Waals surface area (Å²) in [4.78, 5) is 20.5. The van der Waals surface area contributed by atoms with Crippen molar-refractivity contribution in [3.8, 4) is 0 Å². The Kier molecular flexibility index (Phi) is 2.40. The zero-order valence-corrected chi connectivity index (χ0v) is 9.70. The Labute approximate surface area is 102 Å². The molecule has 6 nitrogen and oxygen atoms in total. The quantitative estimate of drug-likeness (QED) is 0.673. The Morgan fingerprint density at radius 3 is 2.94 bits per heavy atom. The molecule has 3 aromatic rings. The van der Waals surface area contributed by atoms with Crippen molar-refractivity contribution in [3.63, 3.8) is 0 Å². The van der Waals surface area contributed by atoms with Gasteiger partial charge in [-0.15, -0.1) is 0 Å². The van der Waals surface area contributed by atoms with Gasteiger partial charge in [0.2, 0.25) is 5.89 Å². The van der Waals surface area contributed by atoms with Crippen LogP contribution in [0.25, 0.3) is 10.9 Å². The maximum absolute atomic E-state index is 12.2. The zero-order chi connectivity index (χ0) is 12.5. The standard InChI is InChI=1S/C12H10N4O2/c1-8-14-11(18-15-8)6-16-7-13-10-5-3-2-4-9(10)12(16)17/h2-5,7H,6H2,1H3. The third-order valence-electron chi connectivity index (χ3n) is 2.61. The van der Waals surface area contributed by atoms with Gasteiger partial charge in [-0.3, -0.25) is 9.36 Å². The summed E-state index contributed by atoms with van der Waals surface area (Å²) in [5.41, 5.74) is 0.567. The lowest BCUT2D eigenvalue weighted by molar-refractivity contribution is 0.366. The highest BCUT2D eigenvalue weighted by Crippen LogP contribution is 2.05. The van der Waals surface area contributed by atoms with Gasteiger partial charge >= 0.3 is 0 Å². The van der Waals surface area contributed by atoms with Gasteiger partial charge in [0.1, 0.15) is 6.54 Å². The SMILES string of the molecule is Cc1noc(Cn2cnc3ccccc3c2=O)n1.